The Bertz CT molecular complexity index is 764. The number of carbonyl (C=O) groups is 1. The molecule has 0 spiro atoms. The van der Waals surface area contributed by atoms with Gasteiger partial charge in [0.1, 0.15) is 0 Å². The Kier molecular flexibility index (Phi) is 8.07. The molecule has 0 radical (unpaired) electrons. The molecule has 0 saturated heterocycles. The third-order valence-electron chi connectivity index (χ3n) is 3.53. The van der Waals surface area contributed by atoms with Crippen LogP contribution in [0.5, 0.6) is 0 Å². The topological polar surface area (TPSA) is 85.8 Å². The zero-order valence-corrected chi connectivity index (χ0v) is 14.9. The van der Waals surface area contributed by atoms with Gasteiger partial charge in [-0.05, 0) is 29.8 Å². The van der Waals surface area contributed by atoms with E-state index in [0.717, 1.165) is 11.3 Å². The third-order valence-corrected chi connectivity index (χ3v) is 3.53. The van der Waals surface area contributed by atoms with E-state index >= 15 is 0 Å². The van der Waals surface area contributed by atoms with E-state index < -0.39 is 0 Å². The maximum absolute atomic E-state index is 12.2. The molecule has 3 aromatic rings. The number of nitrogens with one attached hydrogen (secondary N) is 1. The second-order valence-corrected chi connectivity index (χ2v) is 5.12. The van der Waals surface area contributed by atoms with Gasteiger partial charge in [0.05, 0.1) is 18.1 Å². The highest BCUT2D eigenvalue weighted by atomic mass is 35.5. The van der Waals surface area contributed by atoms with Crippen LogP contribution in [0.4, 0.5) is 0 Å². The molecule has 132 valence electrons. The van der Waals surface area contributed by atoms with Crippen LogP contribution in [0.25, 0.3) is 5.69 Å². The van der Waals surface area contributed by atoms with E-state index in [-0.39, 0.29) is 36.8 Å². The standard InChI is InChI=1S/C17H17N5O.2ClH/c18-16(13-4-2-1-3-5-13)12-19-17(23)14-6-8-15(9-7-14)22-11-10-20-21-22;;/h1-11,16H,12,18H2,(H,19,23);2*1H/t16-;;/m0../s1. The molecule has 6 nitrogen and oxygen atoms in total. The Hall–Kier alpha value is -2.41. The molecule has 0 saturated carbocycles. The molecule has 0 bridgehead atoms. The minimum atomic E-state index is -0.227. The molecule has 8 heteroatoms. The molecule has 3 rings (SSSR count). The highest BCUT2D eigenvalue weighted by Crippen LogP contribution is 2.10. The van der Waals surface area contributed by atoms with E-state index in [1.807, 2.05) is 42.5 Å². The Morgan fingerprint density at radius 1 is 1.08 bits per heavy atom. The summed E-state index contributed by atoms with van der Waals surface area (Å²) >= 11 is 0. The minimum Gasteiger partial charge on any atom is -0.350 e. The summed E-state index contributed by atoms with van der Waals surface area (Å²) in [5, 5.41) is 10.5. The van der Waals surface area contributed by atoms with Crippen LogP contribution in [0.2, 0.25) is 0 Å². The van der Waals surface area contributed by atoms with Gasteiger partial charge in [-0.2, -0.15) is 0 Å². The van der Waals surface area contributed by atoms with E-state index in [2.05, 4.69) is 15.6 Å². The van der Waals surface area contributed by atoms with Crippen molar-refractivity contribution in [2.24, 2.45) is 5.73 Å². The molecule has 0 unspecified atom stereocenters. The first-order valence-electron chi connectivity index (χ1n) is 7.29. The van der Waals surface area contributed by atoms with Crippen molar-refractivity contribution >= 4 is 30.7 Å². The van der Waals surface area contributed by atoms with Crippen LogP contribution in [-0.4, -0.2) is 27.4 Å². The van der Waals surface area contributed by atoms with Crippen molar-refractivity contribution in [3.63, 3.8) is 0 Å². The van der Waals surface area contributed by atoms with Crippen molar-refractivity contribution in [1.29, 1.82) is 0 Å². The molecular formula is C17H19Cl2N5O. The maximum atomic E-state index is 12.2. The van der Waals surface area contributed by atoms with Crippen LogP contribution < -0.4 is 11.1 Å². The lowest BCUT2D eigenvalue weighted by Gasteiger charge is -2.13. The number of rotatable bonds is 5. The Morgan fingerprint density at radius 3 is 2.36 bits per heavy atom. The van der Waals surface area contributed by atoms with Crippen molar-refractivity contribution in [3.8, 4) is 5.69 Å². The molecule has 25 heavy (non-hydrogen) atoms. The van der Waals surface area contributed by atoms with Gasteiger partial charge in [0.15, 0.2) is 0 Å². The SMILES string of the molecule is Cl.Cl.N[C@@H](CNC(=O)c1ccc(-n2ccnn2)cc1)c1ccccc1. The zero-order valence-electron chi connectivity index (χ0n) is 13.3. The fraction of sp³-hybridized carbons (Fsp3) is 0.118. The van der Waals surface area contributed by atoms with Gasteiger partial charge in [0.2, 0.25) is 0 Å². The fourth-order valence-electron chi connectivity index (χ4n) is 2.23. The van der Waals surface area contributed by atoms with Gasteiger partial charge in [-0.3, -0.25) is 4.79 Å². The molecule has 0 aliphatic heterocycles. The lowest BCUT2D eigenvalue weighted by atomic mass is 10.1. The van der Waals surface area contributed by atoms with E-state index in [4.69, 9.17) is 5.73 Å². The van der Waals surface area contributed by atoms with Crippen LogP contribution in [0.1, 0.15) is 22.0 Å². The van der Waals surface area contributed by atoms with E-state index in [1.54, 1.807) is 29.2 Å². The Labute approximate surface area is 158 Å². The molecule has 0 aliphatic carbocycles. The molecule has 1 heterocycles. The first kappa shape index (κ1) is 20.6. The number of nitrogens with zero attached hydrogens (tertiary/aromatic N) is 3. The van der Waals surface area contributed by atoms with Gasteiger partial charge < -0.3 is 11.1 Å². The van der Waals surface area contributed by atoms with Gasteiger partial charge in [-0.25, -0.2) is 4.68 Å². The van der Waals surface area contributed by atoms with Crippen LogP contribution in [0.15, 0.2) is 67.0 Å². The number of hydrogen-bond acceptors (Lipinski definition) is 4. The molecular weight excluding hydrogens is 361 g/mol. The summed E-state index contributed by atoms with van der Waals surface area (Å²) in [5.41, 5.74) is 8.50. The Balaban J connectivity index is 0.00000156. The molecule has 1 atom stereocenters. The number of halogens is 2. The highest BCUT2D eigenvalue weighted by Gasteiger charge is 2.09. The van der Waals surface area contributed by atoms with Gasteiger partial charge in [-0.15, -0.1) is 29.9 Å². The third kappa shape index (κ3) is 5.29. The number of aromatic nitrogens is 3. The molecule has 0 fully saturated rings. The van der Waals surface area contributed by atoms with Gasteiger partial charge >= 0.3 is 0 Å². The first-order chi connectivity index (χ1) is 11.2. The first-order valence-corrected chi connectivity index (χ1v) is 7.29. The van der Waals surface area contributed by atoms with Crippen molar-refractivity contribution in [1.82, 2.24) is 20.3 Å². The van der Waals surface area contributed by atoms with Crippen molar-refractivity contribution in [2.45, 2.75) is 6.04 Å². The molecule has 1 amide bonds. The number of hydrogen-bond donors (Lipinski definition) is 2. The summed E-state index contributed by atoms with van der Waals surface area (Å²) in [4.78, 5) is 12.2. The predicted octanol–water partition coefficient (Wildman–Crippen LogP) is 2.54. The fourth-order valence-corrected chi connectivity index (χ4v) is 2.23. The number of nitrogens with two attached hydrogens (primary N) is 1. The van der Waals surface area contributed by atoms with Crippen LogP contribution in [0, 0.1) is 0 Å². The average molecular weight is 380 g/mol. The Morgan fingerprint density at radius 2 is 1.76 bits per heavy atom. The second kappa shape index (κ2) is 9.78. The summed E-state index contributed by atoms with van der Waals surface area (Å²) in [7, 11) is 0. The summed E-state index contributed by atoms with van der Waals surface area (Å²) in [6, 6.07) is 16.6. The minimum absolute atomic E-state index is 0. The largest absolute Gasteiger partial charge is 0.350 e. The maximum Gasteiger partial charge on any atom is 0.251 e. The van der Waals surface area contributed by atoms with E-state index in [1.165, 1.54) is 0 Å². The highest BCUT2D eigenvalue weighted by molar-refractivity contribution is 5.94. The quantitative estimate of drug-likeness (QED) is 0.712. The van der Waals surface area contributed by atoms with E-state index in [9.17, 15) is 4.79 Å². The summed E-state index contributed by atoms with van der Waals surface area (Å²) < 4.78 is 1.63. The lowest BCUT2D eigenvalue weighted by molar-refractivity contribution is 0.0951. The number of benzene rings is 2. The smallest absolute Gasteiger partial charge is 0.251 e. The zero-order chi connectivity index (χ0) is 16.1. The molecule has 0 aliphatic rings. The summed E-state index contributed by atoms with van der Waals surface area (Å²) in [5.74, 6) is -0.151. The lowest BCUT2D eigenvalue weighted by Crippen LogP contribution is -2.31. The van der Waals surface area contributed by atoms with E-state index in [0.29, 0.717) is 12.1 Å². The molecule has 2 aromatic carbocycles. The number of amides is 1. The molecule has 1 aromatic heterocycles. The van der Waals surface area contributed by atoms with Gasteiger partial charge in [-0.1, -0.05) is 35.5 Å². The monoisotopic (exact) mass is 379 g/mol. The van der Waals surface area contributed by atoms with Gasteiger partial charge in [0.25, 0.3) is 5.91 Å². The van der Waals surface area contributed by atoms with Crippen LogP contribution >= 0.6 is 24.8 Å². The van der Waals surface area contributed by atoms with Crippen molar-refractivity contribution in [3.05, 3.63) is 78.1 Å². The van der Waals surface area contributed by atoms with Gasteiger partial charge in [0, 0.05) is 18.2 Å². The predicted molar refractivity (Wildman–Crippen MR) is 102 cm³/mol. The molecule has 3 N–H and O–H groups in total. The number of carbonyl (C=O) groups excluding carboxylic acids is 1. The normalized spacial score (nSPS) is 10.9. The summed E-state index contributed by atoms with van der Waals surface area (Å²) in [6.07, 6.45) is 3.35. The average Bonchev–Trinajstić information content (AvgIpc) is 3.15. The van der Waals surface area contributed by atoms with Crippen molar-refractivity contribution < 1.29 is 4.79 Å². The van der Waals surface area contributed by atoms with Crippen LogP contribution in [-0.2, 0) is 0 Å². The second-order valence-electron chi connectivity index (χ2n) is 5.12. The van der Waals surface area contributed by atoms with Crippen LogP contribution in [0.3, 0.4) is 0 Å². The summed E-state index contributed by atoms with van der Waals surface area (Å²) in [6.45, 7) is 0.383. The van der Waals surface area contributed by atoms with Crippen molar-refractivity contribution in [2.75, 3.05) is 6.54 Å².